The number of rotatable bonds is 6. The number of carbonyl (C=O) groups excluding carboxylic acids is 1. The average Bonchev–Trinajstić information content (AvgIpc) is 3.22. The molecule has 0 aliphatic carbocycles. The highest BCUT2D eigenvalue weighted by Gasteiger charge is 2.27. The average molecular weight is 475 g/mol. The van der Waals surface area contributed by atoms with Crippen molar-refractivity contribution >= 4 is 27.4 Å². The van der Waals surface area contributed by atoms with Gasteiger partial charge in [0.1, 0.15) is 24.4 Å². The Labute approximate surface area is 194 Å². The van der Waals surface area contributed by atoms with Crippen molar-refractivity contribution in [3.8, 4) is 5.88 Å². The lowest BCUT2D eigenvalue weighted by molar-refractivity contribution is 0.0452. The Hall–Kier alpha value is -2.88. The van der Waals surface area contributed by atoms with Crippen molar-refractivity contribution < 1.29 is 22.7 Å². The maximum Gasteiger partial charge on any atom is 0.410 e. The summed E-state index contributed by atoms with van der Waals surface area (Å²) in [7, 11) is -3.24. The lowest BCUT2D eigenvalue weighted by Crippen LogP contribution is -2.42. The molecule has 33 heavy (non-hydrogen) atoms. The van der Waals surface area contributed by atoms with Gasteiger partial charge in [-0.15, -0.1) is 0 Å². The van der Waals surface area contributed by atoms with Crippen LogP contribution in [0.15, 0.2) is 35.5 Å². The number of carbonyl (C=O) groups is 1. The molecule has 2 aliphatic heterocycles. The van der Waals surface area contributed by atoms with E-state index in [2.05, 4.69) is 9.97 Å². The van der Waals surface area contributed by atoms with Crippen molar-refractivity contribution in [2.24, 2.45) is 0 Å². The number of amides is 1. The number of nitrogens with zero attached hydrogens (tertiary/aromatic N) is 4. The highest BCUT2D eigenvalue weighted by Crippen LogP contribution is 2.35. The summed E-state index contributed by atoms with van der Waals surface area (Å²) in [5, 5.41) is 0. The van der Waals surface area contributed by atoms with Crippen LogP contribution in [0.2, 0.25) is 0 Å². The number of anilines is 2. The van der Waals surface area contributed by atoms with Crippen LogP contribution in [0.3, 0.4) is 0 Å². The number of hydrogen-bond acceptors (Lipinski definition) is 8. The van der Waals surface area contributed by atoms with Gasteiger partial charge in [0.2, 0.25) is 5.88 Å². The number of sulfone groups is 1. The molecule has 0 bridgehead atoms. The van der Waals surface area contributed by atoms with Gasteiger partial charge in [0, 0.05) is 50.5 Å². The topological polar surface area (TPSA) is 102 Å². The minimum Gasteiger partial charge on any atom is -0.474 e. The summed E-state index contributed by atoms with van der Waals surface area (Å²) in [5.74, 6) is 1.20. The molecule has 1 unspecified atom stereocenters. The van der Waals surface area contributed by atoms with E-state index in [1.807, 2.05) is 30.9 Å². The number of ether oxygens (including phenoxy) is 2. The Balaban J connectivity index is 1.39. The molecule has 1 amide bonds. The standard InChI is InChI=1S/C23H30N4O5S/c1-4-16(2)31-23(28)26-10-8-18(9-11-26)32-22-14-21(24-15-25-22)27-12-7-17-13-19(33(3,29)30)5-6-20(17)27/h5-6,13-16,18H,4,7-12H2,1-3H3. The summed E-state index contributed by atoms with van der Waals surface area (Å²) in [4.78, 5) is 25.0. The van der Waals surface area contributed by atoms with Crippen molar-refractivity contribution in [1.29, 1.82) is 0 Å². The largest absolute Gasteiger partial charge is 0.474 e. The zero-order valence-corrected chi connectivity index (χ0v) is 20.0. The molecular weight excluding hydrogens is 444 g/mol. The van der Waals surface area contributed by atoms with Crippen LogP contribution in [0.4, 0.5) is 16.3 Å². The van der Waals surface area contributed by atoms with E-state index in [4.69, 9.17) is 9.47 Å². The summed E-state index contributed by atoms with van der Waals surface area (Å²) < 4.78 is 35.2. The smallest absolute Gasteiger partial charge is 0.410 e. The highest BCUT2D eigenvalue weighted by atomic mass is 32.2. The summed E-state index contributed by atoms with van der Waals surface area (Å²) in [6.45, 7) is 5.75. The molecule has 9 nitrogen and oxygen atoms in total. The third-order valence-corrected chi connectivity index (χ3v) is 7.25. The van der Waals surface area contributed by atoms with E-state index < -0.39 is 9.84 Å². The predicted molar refractivity (Wildman–Crippen MR) is 124 cm³/mol. The van der Waals surface area contributed by atoms with Crippen LogP contribution in [0.1, 0.15) is 38.7 Å². The Bertz CT molecular complexity index is 1120. The van der Waals surface area contributed by atoms with Crippen LogP contribution >= 0.6 is 0 Å². The van der Waals surface area contributed by atoms with Crippen molar-refractivity contribution in [2.45, 2.75) is 56.6 Å². The van der Waals surface area contributed by atoms with E-state index >= 15 is 0 Å². The van der Waals surface area contributed by atoms with E-state index in [-0.39, 0.29) is 18.3 Å². The Morgan fingerprint density at radius 2 is 1.94 bits per heavy atom. The van der Waals surface area contributed by atoms with E-state index in [0.29, 0.717) is 49.1 Å². The van der Waals surface area contributed by atoms with Crippen LogP contribution in [0, 0.1) is 0 Å². The van der Waals surface area contributed by atoms with E-state index in [1.54, 1.807) is 17.0 Å². The maximum absolute atomic E-state index is 12.2. The molecule has 0 N–H and O–H groups in total. The summed E-state index contributed by atoms with van der Waals surface area (Å²) in [6, 6.07) is 7.01. The highest BCUT2D eigenvalue weighted by molar-refractivity contribution is 7.90. The second-order valence-corrected chi connectivity index (χ2v) is 10.6. The summed E-state index contributed by atoms with van der Waals surface area (Å²) in [5.41, 5.74) is 1.93. The Morgan fingerprint density at radius 3 is 2.64 bits per heavy atom. The molecule has 1 fully saturated rings. The number of aromatic nitrogens is 2. The zero-order valence-electron chi connectivity index (χ0n) is 19.2. The van der Waals surface area contributed by atoms with E-state index in [0.717, 1.165) is 24.1 Å². The molecule has 0 radical (unpaired) electrons. The molecule has 2 aromatic rings. The number of benzene rings is 1. The zero-order chi connectivity index (χ0) is 23.6. The van der Waals surface area contributed by atoms with Gasteiger partial charge in [-0.25, -0.2) is 23.2 Å². The van der Waals surface area contributed by atoms with Crippen molar-refractivity contribution in [3.05, 3.63) is 36.2 Å². The molecular formula is C23H30N4O5S. The van der Waals surface area contributed by atoms with Crippen LogP contribution in [0.5, 0.6) is 5.88 Å². The SMILES string of the molecule is CCC(C)OC(=O)N1CCC(Oc2cc(N3CCc4cc(S(C)(=O)=O)ccc43)ncn2)CC1. The van der Waals surface area contributed by atoms with Crippen LogP contribution in [-0.4, -0.2) is 67.5 Å². The fourth-order valence-corrected chi connectivity index (χ4v) is 4.72. The molecule has 0 saturated carbocycles. The normalized spacial score (nSPS) is 17.5. The fraction of sp³-hybridized carbons (Fsp3) is 0.522. The van der Waals surface area contributed by atoms with Gasteiger partial charge in [-0.1, -0.05) is 6.92 Å². The molecule has 2 aliphatic rings. The van der Waals surface area contributed by atoms with Gasteiger partial charge in [0.05, 0.1) is 4.90 Å². The van der Waals surface area contributed by atoms with Crippen LogP contribution in [0.25, 0.3) is 0 Å². The quantitative estimate of drug-likeness (QED) is 0.628. The monoisotopic (exact) mass is 474 g/mol. The van der Waals surface area contributed by atoms with Gasteiger partial charge in [0.15, 0.2) is 9.84 Å². The molecule has 3 heterocycles. The van der Waals surface area contributed by atoms with Crippen LogP contribution in [-0.2, 0) is 21.0 Å². The molecule has 10 heteroatoms. The Morgan fingerprint density at radius 1 is 1.18 bits per heavy atom. The Kier molecular flexibility index (Phi) is 6.73. The molecule has 4 rings (SSSR count). The minimum absolute atomic E-state index is 0.0384. The first-order valence-corrected chi connectivity index (χ1v) is 13.2. The molecule has 1 atom stereocenters. The number of hydrogen-bond donors (Lipinski definition) is 0. The number of piperidine rings is 1. The predicted octanol–water partition coefficient (Wildman–Crippen LogP) is 3.35. The second kappa shape index (κ2) is 9.54. The van der Waals surface area contributed by atoms with Crippen molar-refractivity contribution in [1.82, 2.24) is 14.9 Å². The first-order chi connectivity index (χ1) is 15.7. The van der Waals surface area contributed by atoms with Crippen molar-refractivity contribution in [2.75, 3.05) is 30.8 Å². The molecule has 1 saturated heterocycles. The van der Waals surface area contributed by atoms with Crippen LogP contribution < -0.4 is 9.64 Å². The van der Waals surface area contributed by atoms with E-state index in [1.165, 1.54) is 12.6 Å². The minimum atomic E-state index is -3.24. The molecule has 1 aromatic heterocycles. The summed E-state index contributed by atoms with van der Waals surface area (Å²) in [6.07, 6.45) is 5.25. The third-order valence-electron chi connectivity index (χ3n) is 6.14. The van der Waals surface area contributed by atoms with Crippen molar-refractivity contribution in [3.63, 3.8) is 0 Å². The fourth-order valence-electron chi connectivity index (χ4n) is 4.05. The first-order valence-electron chi connectivity index (χ1n) is 11.3. The molecule has 178 valence electrons. The number of fused-ring (bicyclic) bond motifs is 1. The third kappa shape index (κ3) is 5.38. The number of likely N-dealkylation sites (tertiary alicyclic amines) is 1. The van der Waals surface area contributed by atoms with Gasteiger partial charge in [-0.05, 0) is 43.5 Å². The lowest BCUT2D eigenvalue weighted by atomic mass is 10.1. The van der Waals surface area contributed by atoms with Gasteiger partial charge in [-0.3, -0.25) is 0 Å². The van der Waals surface area contributed by atoms with Gasteiger partial charge in [-0.2, -0.15) is 0 Å². The lowest BCUT2D eigenvalue weighted by Gasteiger charge is -2.32. The van der Waals surface area contributed by atoms with Gasteiger partial charge < -0.3 is 19.3 Å². The molecule has 1 aromatic carbocycles. The first kappa shape index (κ1) is 23.3. The summed E-state index contributed by atoms with van der Waals surface area (Å²) >= 11 is 0. The maximum atomic E-state index is 12.2. The second-order valence-electron chi connectivity index (χ2n) is 8.59. The van der Waals surface area contributed by atoms with Gasteiger partial charge in [0.25, 0.3) is 0 Å². The van der Waals surface area contributed by atoms with E-state index in [9.17, 15) is 13.2 Å². The van der Waals surface area contributed by atoms with Gasteiger partial charge >= 0.3 is 6.09 Å². The molecule has 0 spiro atoms.